The van der Waals surface area contributed by atoms with Crippen molar-refractivity contribution >= 4 is 11.3 Å². The molecule has 1 N–H and O–H groups in total. The average Bonchev–Trinajstić information content (AvgIpc) is 3.27. The van der Waals surface area contributed by atoms with Crippen LogP contribution in [0.1, 0.15) is 29.3 Å². The number of aliphatic hydroxyl groups excluding tert-OH is 1. The highest BCUT2D eigenvalue weighted by Gasteiger charge is 2.17. The normalized spacial score (nSPS) is 12.6. The summed E-state index contributed by atoms with van der Waals surface area (Å²) >= 11 is 1.60. The summed E-state index contributed by atoms with van der Waals surface area (Å²) < 4.78 is 2.15. The monoisotopic (exact) mass is 341 g/mol. The third-order valence-corrected chi connectivity index (χ3v) is 5.03. The van der Waals surface area contributed by atoms with Crippen LogP contribution in [0.3, 0.4) is 0 Å². The van der Waals surface area contributed by atoms with Gasteiger partial charge in [0.1, 0.15) is 11.9 Å². The molecule has 1 aromatic carbocycles. The van der Waals surface area contributed by atoms with Crippen LogP contribution in [0.25, 0.3) is 0 Å². The summed E-state index contributed by atoms with van der Waals surface area (Å²) in [7, 11) is 0. The predicted molar refractivity (Wildman–Crippen MR) is 97.7 cm³/mol. The maximum absolute atomic E-state index is 10.6. The van der Waals surface area contributed by atoms with E-state index in [-0.39, 0.29) is 0 Å². The second kappa shape index (κ2) is 8.24. The molecule has 3 aromatic rings. The van der Waals surface area contributed by atoms with Crippen LogP contribution in [-0.2, 0) is 19.6 Å². The summed E-state index contributed by atoms with van der Waals surface area (Å²) in [5, 5.41) is 12.6. The average molecular weight is 341 g/mol. The van der Waals surface area contributed by atoms with Crippen molar-refractivity contribution in [3.05, 3.63) is 76.5 Å². The molecule has 0 fully saturated rings. The van der Waals surface area contributed by atoms with Crippen LogP contribution in [0.15, 0.2) is 60.2 Å². The predicted octanol–water partition coefficient (Wildman–Crippen LogP) is 3.70. The van der Waals surface area contributed by atoms with Gasteiger partial charge in [0.15, 0.2) is 0 Å². The first-order chi connectivity index (χ1) is 11.8. The van der Waals surface area contributed by atoms with E-state index in [1.807, 2.05) is 36.0 Å². The largest absolute Gasteiger partial charge is 0.386 e. The van der Waals surface area contributed by atoms with Crippen molar-refractivity contribution < 1.29 is 5.11 Å². The van der Waals surface area contributed by atoms with E-state index in [0.29, 0.717) is 6.54 Å². The van der Waals surface area contributed by atoms with E-state index in [1.54, 1.807) is 11.3 Å². The number of benzene rings is 1. The van der Waals surface area contributed by atoms with Crippen molar-refractivity contribution in [3.63, 3.8) is 0 Å². The molecule has 2 aromatic heterocycles. The van der Waals surface area contributed by atoms with Gasteiger partial charge in [0, 0.05) is 36.9 Å². The summed E-state index contributed by atoms with van der Waals surface area (Å²) in [6.07, 6.45) is 3.37. The number of thiophene rings is 1. The van der Waals surface area contributed by atoms with E-state index in [4.69, 9.17) is 0 Å². The summed E-state index contributed by atoms with van der Waals surface area (Å²) in [5.74, 6) is 1.03. The van der Waals surface area contributed by atoms with Crippen LogP contribution in [0.5, 0.6) is 0 Å². The van der Waals surface area contributed by atoms with Crippen molar-refractivity contribution in [2.45, 2.75) is 32.7 Å². The fourth-order valence-electron chi connectivity index (χ4n) is 2.82. The number of nitrogens with zero attached hydrogens (tertiary/aromatic N) is 3. The molecule has 3 rings (SSSR count). The van der Waals surface area contributed by atoms with Crippen LogP contribution in [0.4, 0.5) is 0 Å². The summed E-state index contributed by atoms with van der Waals surface area (Å²) in [6, 6.07) is 14.3. The molecule has 5 heteroatoms. The minimum absolute atomic E-state index is 0.473. The molecule has 0 bridgehead atoms. The van der Waals surface area contributed by atoms with E-state index in [1.165, 1.54) is 5.56 Å². The highest BCUT2D eigenvalue weighted by Crippen LogP contribution is 2.21. The Morgan fingerprint density at radius 3 is 2.71 bits per heavy atom. The Bertz CT molecular complexity index is 724. The van der Waals surface area contributed by atoms with Gasteiger partial charge in [-0.3, -0.25) is 4.90 Å². The van der Waals surface area contributed by atoms with Crippen LogP contribution in [0.2, 0.25) is 0 Å². The van der Waals surface area contributed by atoms with Gasteiger partial charge in [-0.1, -0.05) is 36.4 Å². The fraction of sp³-hybridized carbons (Fsp3) is 0.316. The van der Waals surface area contributed by atoms with E-state index >= 15 is 0 Å². The van der Waals surface area contributed by atoms with Gasteiger partial charge in [0.25, 0.3) is 0 Å². The van der Waals surface area contributed by atoms with Crippen LogP contribution in [0, 0.1) is 0 Å². The summed E-state index contributed by atoms with van der Waals surface area (Å²) in [6.45, 7) is 5.12. The van der Waals surface area contributed by atoms with E-state index < -0.39 is 6.10 Å². The van der Waals surface area contributed by atoms with Gasteiger partial charge in [0.2, 0.25) is 0 Å². The van der Waals surface area contributed by atoms with E-state index in [0.717, 1.165) is 30.3 Å². The van der Waals surface area contributed by atoms with Gasteiger partial charge in [-0.15, -0.1) is 11.3 Å². The zero-order valence-corrected chi connectivity index (χ0v) is 14.7. The van der Waals surface area contributed by atoms with Gasteiger partial charge in [-0.25, -0.2) is 4.98 Å². The summed E-state index contributed by atoms with van der Waals surface area (Å²) in [4.78, 5) is 7.75. The molecule has 0 aliphatic rings. The van der Waals surface area contributed by atoms with Gasteiger partial charge in [-0.05, 0) is 23.9 Å². The number of hydrogen-bond acceptors (Lipinski definition) is 4. The number of aromatic nitrogens is 2. The fourth-order valence-corrected chi connectivity index (χ4v) is 3.52. The Labute approximate surface area is 147 Å². The van der Waals surface area contributed by atoms with Gasteiger partial charge < -0.3 is 9.67 Å². The maximum Gasteiger partial charge on any atom is 0.122 e. The molecule has 0 saturated heterocycles. The minimum Gasteiger partial charge on any atom is -0.386 e. The van der Waals surface area contributed by atoms with E-state index in [9.17, 15) is 5.11 Å². The number of rotatable bonds is 8. The van der Waals surface area contributed by atoms with Crippen molar-refractivity contribution in [1.29, 1.82) is 0 Å². The second-order valence-electron chi connectivity index (χ2n) is 5.82. The molecule has 24 heavy (non-hydrogen) atoms. The molecule has 0 spiro atoms. The van der Waals surface area contributed by atoms with Gasteiger partial charge >= 0.3 is 0 Å². The Kier molecular flexibility index (Phi) is 5.80. The molecule has 0 radical (unpaired) electrons. The van der Waals surface area contributed by atoms with Gasteiger partial charge in [-0.2, -0.15) is 0 Å². The maximum atomic E-state index is 10.6. The van der Waals surface area contributed by atoms with E-state index in [2.05, 4.69) is 45.6 Å². The molecule has 0 aliphatic heterocycles. The molecule has 0 amide bonds. The van der Waals surface area contributed by atoms with Crippen LogP contribution < -0.4 is 0 Å². The topological polar surface area (TPSA) is 41.3 Å². The van der Waals surface area contributed by atoms with Crippen molar-refractivity contribution in [3.8, 4) is 0 Å². The standard InChI is InChI=1S/C19H23N3OS/c1-2-22-11-10-20-19(22)15-21(13-16-7-4-3-5-8-16)14-17(23)18-9-6-12-24-18/h3-12,17,23H,2,13-15H2,1H3. The molecule has 2 heterocycles. The highest BCUT2D eigenvalue weighted by molar-refractivity contribution is 7.10. The summed E-state index contributed by atoms with van der Waals surface area (Å²) in [5.41, 5.74) is 1.24. The smallest absolute Gasteiger partial charge is 0.122 e. The zero-order valence-electron chi connectivity index (χ0n) is 13.9. The highest BCUT2D eigenvalue weighted by atomic mass is 32.1. The molecule has 0 aliphatic carbocycles. The van der Waals surface area contributed by atoms with Gasteiger partial charge in [0.05, 0.1) is 6.54 Å². The Morgan fingerprint density at radius 1 is 1.17 bits per heavy atom. The number of hydrogen-bond donors (Lipinski definition) is 1. The lowest BCUT2D eigenvalue weighted by Gasteiger charge is -2.25. The Balaban J connectivity index is 1.75. The molecule has 1 atom stereocenters. The van der Waals surface area contributed by atoms with Crippen LogP contribution in [-0.4, -0.2) is 26.1 Å². The first kappa shape index (κ1) is 16.9. The lowest BCUT2D eigenvalue weighted by atomic mass is 10.2. The lowest BCUT2D eigenvalue weighted by molar-refractivity contribution is 0.105. The third-order valence-electron chi connectivity index (χ3n) is 4.06. The molecule has 126 valence electrons. The molecular formula is C19H23N3OS. The first-order valence-electron chi connectivity index (χ1n) is 8.24. The minimum atomic E-state index is -0.473. The Morgan fingerprint density at radius 2 is 2.00 bits per heavy atom. The third kappa shape index (κ3) is 4.32. The number of imidazole rings is 1. The van der Waals surface area contributed by atoms with Crippen molar-refractivity contribution in [2.75, 3.05) is 6.54 Å². The van der Waals surface area contributed by atoms with Crippen molar-refractivity contribution in [1.82, 2.24) is 14.5 Å². The number of aryl methyl sites for hydroxylation is 1. The SMILES string of the molecule is CCn1ccnc1CN(Cc1ccccc1)CC(O)c1cccs1. The first-order valence-corrected chi connectivity index (χ1v) is 9.12. The lowest BCUT2D eigenvalue weighted by Crippen LogP contribution is -2.29. The quantitative estimate of drug-likeness (QED) is 0.679. The molecule has 1 unspecified atom stereocenters. The molecular weight excluding hydrogens is 318 g/mol. The molecule has 0 saturated carbocycles. The number of aliphatic hydroxyl groups is 1. The second-order valence-corrected chi connectivity index (χ2v) is 6.80. The van der Waals surface area contributed by atoms with Crippen LogP contribution >= 0.6 is 11.3 Å². The molecule has 4 nitrogen and oxygen atoms in total. The Hall–Kier alpha value is -1.95. The van der Waals surface area contributed by atoms with Crippen molar-refractivity contribution in [2.24, 2.45) is 0 Å². The zero-order chi connectivity index (χ0) is 16.8.